The monoisotopic (exact) mass is 953 g/mol. The molecule has 388 valence electrons. The Morgan fingerprint density at radius 2 is 0.970 bits per heavy atom. The van der Waals surface area contributed by atoms with Gasteiger partial charge in [0.05, 0.1) is 26.4 Å². The van der Waals surface area contributed by atoms with Crippen LogP contribution in [0.2, 0.25) is 0 Å². The lowest BCUT2D eigenvalue weighted by atomic mass is 9.98. The van der Waals surface area contributed by atoms with Crippen LogP contribution in [0, 0.1) is 0 Å². The number of esters is 1. The summed E-state index contributed by atoms with van der Waals surface area (Å²) < 4.78 is 34.2. The van der Waals surface area contributed by atoms with Crippen molar-refractivity contribution in [3.63, 3.8) is 0 Å². The Morgan fingerprint density at radius 1 is 0.507 bits per heavy atom. The van der Waals surface area contributed by atoms with E-state index in [1.807, 2.05) is 0 Å². The van der Waals surface area contributed by atoms with Gasteiger partial charge in [-0.15, -0.1) is 0 Å². The standard InChI is InChI=1S/C53H92O14/c1-3-5-7-9-11-13-15-17-18-19-20-21-22-23-25-27-29-31-33-35-37-62-39-42(65-45(55)36-34-32-30-28-26-24-16-14-12-10-8-6-4-2)40-63-52-51(61)49(59)47(57)44(67-52)41-64-53-50(60)48(58)46(56)43(38-54)66-53/h5,7,11,13-14,16-18,20-21,42-44,46-54,56-61H,3-4,6,8-10,12,15,19,22-41H2,1-2H3/b7-5-,13-11-,16-14-,18-17-,21-20-. The highest BCUT2D eigenvalue weighted by molar-refractivity contribution is 5.69. The third-order valence-electron chi connectivity index (χ3n) is 12.0. The molecule has 7 N–H and O–H groups in total. The summed E-state index contributed by atoms with van der Waals surface area (Å²) in [4.78, 5) is 13.0. The highest BCUT2D eigenvalue weighted by atomic mass is 16.7. The van der Waals surface area contributed by atoms with Gasteiger partial charge in [0.1, 0.15) is 54.9 Å². The zero-order valence-electron chi connectivity index (χ0n) is 41.1. The van der Waals surface area contributed by atoms with E-state index in [1.165, 1.54) is 44.9 Å². The minimum absolute atomic E-state index is 0.0484. The molecule has 0 aromatic rings. The molecule has 0 radical (unpaired) electrons. The van der Waals surface area contributed by atoms with Crippen LogP contribution in [0.3, 0.4) is 0 Å². The second-order valence-corrected chi connectivity index (χ2v) is 18.0. The zero-order chi connectivity index (χ0) is 48.7. The predicted molar refractivity (Wildman–Crippen MR) is 261 cm³/mol. The van der Waals surface area contributed by atoms with Crippen molar-refractivity contribution in [3.05, 3.63) is 60.8 Å². The van der Waals surface area contributed by atoms with Crippen LogP contribution in [-0.2, 0) is 33.2 Å². The molecular weight excluding hydrogens is 861 g/mol. The van der Waals surface area contributed by atoms with Crippen LogP contribution >= 0.6 is 0 Å². The average Bonchev–Trinajstić information content (AvgIpc) is 3.32. The van der Waals surface area contributed by atoms with Gasteiger partial charge in [-0.2, -0.15) is 0 Å². The average molecular weight is 953 g/mol. The van der Waals surface area contributed by atoms with E-state index in [2.05, 4.69) is 74.6 Å². The van der Waals surface area contributed by atoms with Crippen molar-refractivity contribution in [2.45, 2.75) is 235 Å². The number of ether oxygens (including phenoxy) is 6. The predicted octanol–water partition coefficient (Wildman–Crippen LogP) is 7.74. The van der Waals surface area contributed by atoms with E-state index in [1.54, 1.807) is 0 Å². The summed E-state index contributed by atoms with van der Waals surface area (Å²) in [5, 5.41) is 72.1. The fourth-order valence-corrected chi connectivity index (χ4v) is 7.80. The highest BCUT2D eigenvalue weighted by Gasteiger charge is 2.47. The molecule has 11 atom stereocenters. The van der Waals surface area contributed by atoms with Crippen molar-refractivity contribution in [2.75, 3.05) is 33.0 Å². The van der Waals surface area contributed by atoms with Gasteiger partial charge in [-0.3, -0.25) is 4.79 Å². The normalized spacial score (nSPS) is 26.6. The van der Waals surface area contributed by atoms with E-state index in [9.17, 15) is 40.5 Å². The lowest BCUT2D eigenvalue weighted by molar-refractivity contribution is -0.332. The first kappa shape index (κ1) is 60.8. The quantitative estimate of drug-likeness (QED) is 0.0178. The second-order valence-electron chi connectivity index (χ2n) is 18.0. The molecule has 14 heteroatoms. The molecule has 2 rings (SSSR count). The third kappa shape index (κ3) is 28.2. The van der Waals surface area contributed by atoms with Gasteiger partial charge >= 0.3 is 5.97 Å². The Kier molecular flexibility index (Phi) is 36.7. The summed E-state index contributed by atoms with van der Waals surface area (Å²) in [5.41, 5.74) is 0. The number of carbonyl (C=O) groups is 1. The summed E-state index contributed by atoms with van der Waals surface area (Å²) in [6, 6.07) is 0. The first-order valence-electron chi connectivity index (χ1n) is 25.9. The number of hydrogen-bond acceptors (Lipinski definition) is 14. The van der Waals surface area contributed by atoms with Crippen molar-refractivity contribution in [1.82, 2.24) is 0 Å². The van der Waals surface area contributed by atoms with E-state index < -0.39 is 86.7 Å². The second kappa shape index (κ2) is 40.4. The summed E-state index contributed by atoms with van der Waals surface area (Å²) in [5.74, 6) is -0.392. The number of rotatable bonds is 40. The van der Waals surface area contributed by atoms with Crippen LogP contribution in [0.4, 0.5) is 0 Å². The number of allylic oxidation sites excluding steroid dienone is 10. The Balaban J connectivity index is 1.76. The van der Waals surface area contributed by atoms with Gasteiger partial charge in [0.15, 0.2) is 12.6 Å². The van der Waals surface area contributed by atoms with E-state index in [0.29, 0.717) is 13.0 Å². The maximum Gasteiger partial charge on any atom is 0.306 e. The van der Waals surface area contributed by atoms with Crippen LogP contribution in [0.25, 0.3) is 0 Å². The van der Waals surface area contributed by atoms with Gasteiger partial charge in [0.2, 0.25) is 0 Å². The first-order chi connectivity index (χ1) is 32.6. The molecular formula is C53H92O14. The van der Waals surface area contributed by atoms with E-state index in [4.69, 9.17) is 28.4 Å². The Morgan fingerprint density at radius 3 is 1.54 bits per heavy atom. The van der Waals surface area contributed by atoms with E-state index >= 15 is 0 Å². The zero-order valence-corrected chi connectivity index (χ0v) is 41.1. The molecule has 67 heavy (non-hydrogen) atoms. The van der Waals surface area contributed by atoms with Gasteiger partial charge in [-0.1, -0.05) is 145 Å². The summed E-state index contributed by atoms with van der Waals surface area (Å²) in [7, 11) is 0. The van der Waals surface area contributed by atoms with Gasteiger partial charge in [-0.05, 0) is 77.0 Å². The Bertz CT molecular complexity index is 1340. The van der Waals surface area contributed by atoms with E-state index in [-0.39, 0.29) is 19.6 Å². The van der Waals surface area contributed by atoms with E-state index in [0.717, 1.165) is 96.3 Å². The molecule has 0 amide bonds. The molecule has 0 aromatic heterocycles. The van der Waals surface area contributed by atoms with Crippen molar-refractivity contribution in [3.8, 4) is 0 Å². The minimum atomic E-state index is -1.71. The molecule has 0 aliphatic carbocycles. The molecule has 2 aliphatic heterocycles. The smallest absolute Gasteiger partial charge is 0.306 e. The fourth-order valence-electron chi connectivity index (χ4n) is 7.80. The topological polar surface area (TPSA) is 214 Å². The molecule has 0 spiro atoms. The number of aliphatic hydroxyl groups excluding tert-OH is 7. The molecule has 0 aromatic carbocycles. The third-order valence-corrected chi connectivity index (χ3v) is 12.0. The Hall–Kier alpha value is -2.31. The molecule has 2 aliphatic rings. The summed E-state index contributed by atoms with van der Waals surface area (Å²) in [6.07, 6.45) is 31.4. The van der Waals surface area contributed by atoms with Gasteiger partial charge < -0.3 is 64.2 Å². The molecule has 2 saturated heterocycles. The van der Waals surface area contributed by atoms with Crippen molar-refractivity contribution in [2.24, 2.45) is 0 Å². The number of hydrogen-bond donors (Lipinski definition) is 7. The van der Waals surface area contributed by atoms with Crippen LogP contribution in [0.5, 0.6) is 0 Å². The lowest BCUT2D eigenvalue weighted by Crippen LogP contribution is -2.61. The van der Waals surface area contributed by atoms with Gasteiger partial charge in [0, 0.05) is 13.0 Å². The molecule has 2 heterocycles. The maximum atomic E-state index is 13.0. The summed E-state index contributed by atoms with van der Waals surface area (Å²) >= 11 is 0. The van der Waals surface area contributed by atoms with Gasteiger partial charge in [-0.25, -0.2) is 0 Å². The number of unbranched alkanes of at least 4 members (excludes halogenated alkanes) is 16. The number of aliphatic hydroxyl groups is 7. The highest BCUT2D eigenvalue weighted by Crippen LogP contribution is 2.26. The molecule has 0 bridgehead atoms. The molecule has 11 unspecified atom stereocenters. The van der Waals surface area contributed by atoms with Gasteiger partial charge in [0.25, 0.3) is 0 Å². The first-order valence-corrected chi connectivity index (χ1v) is 25.9. The molecule has 0 saturated carbocycles. The van der Waals surface area contributed by atoms with Crippen LogP contribution in [0.15, 0.2) is 60.8 Å². The van der Waals surface area contributed by atoms with Crippen LogP contribution < -0.4 is 0 Å². The fraction of sp³-hybridized carbons (Fsp3) is 0.792. The number of carbonyl (C=O) groups excluding carboxylic acids is 1. The Labute approximate surface area is 403 Å². The lowest BCUT2D eigenvalue weighted by Gasteiger charge is -2.42. The van der Waals surface area contributed by atoms with Crippen LogP contribution in [0.1, 0.15) is 168 Å². The minimum Gasteiger partial charge on any atom is -0.457 e. The SMILES string of the molecule is CC/C=C\C/C=C\C/C=C\C/C=C\CCCCCCCCCOCC(COC1OC(COC2OC(CO)C(O)C(O)C2O)C(O)C(O)C1O)OC(=O)CCCCCCC/C=C\CCCCCC. The largest absolute Gasteiger partial charge is 0.457 e. The van der Waals surface area contributed by atoms with Crippen molar-refractivity contribution < 1.29 is 69.0 Å². The maximum absolute atomic E-state index is 13.0. The molecule has 2 fully saturated rings. The molecule has 14 nitrogen and oxygen atoms in total. The summed E-state index contributed by atoms with van der Waals surface area (Å²) in [6.45, 7) is 3.51. The van der Waals surface area contributed by atoms with Crippen molar-refractivity contribution >= 4 is 5.97 Å². The van der Waals surface area contributed by atoms with Crippen LogP contribution in [-0.4, -0.2) is 142 Å². The van der Waals surface area contributed by atoms with Crippen molar-refractivity contribution in [1.29, 1.82) is 0 Å².